The van der Waals surface area contributed by atoms with Crippen LogP contribution in [0.4, 0.5) is 4.79 Å². The van der Waals surface area contributed by atoms with Gasteiger partial charge in [0.15, 0.2) is 0 Å². The Morgan fingerprint density at radius 1 is 1.12 bits per heavy atom. The highest BCUT2D eigenvalue weighted by molar-refractivity contribution is 5.67. The highest BCUT2D eigenvalue weighted by Crippen LogP contribution is 2.13. The van der Waals surface area contributed by atoms with Crippen LogP contribution in [0.25, 0.3) is 0 Å². The second-order valence-corrected chi connectivity index (χ2v) is 7.05. The van der Waals surface area contributed by atoms with Crippen molar-refractivity contribution in [2.45, 2.75) is 53.1 Å². The van der Waals surface area contributed by atoms with E-state index in [9.17, 15) is 4.79 Å². The molecule has 0 aliphatic rings. The van der Waals surface area contributed by atoms with Gasteiger partial charge in [-0.05, 0) is 64.4 Å². The van der Waals surface area contributed by atoms with Gasteiger partial charge in [0, 0.05) is 13.1 Å². The molecular weight excluding hydrogens is 316 g/mol. The van der Waals surface area contributed by atoms with Crippen LogP contribution in [0.2, 0.25) is 0 Å². The van der Waals surface area contributed by atoms with Crippen LogP contribution in [-0.4, -0.2) is 49.4 Å². The Morgan fingerprint density at radius 3 is 2.32 bits per heavy atom. The summed E-state index contributed by atoms with van der Waals surface area (Å²) >= 11 is 0. The fourth-order valence-electron chi connectivity index (χ4n) is 2.39. The quantitative estimate of drug-likeness (QED) is 0.651. The summed E-state index contributed by atoms with van der Waals surface area (Å²) in [5, 5.41) is 2.77. The molecule has 0 aromatic heterocycles. The molecule has 0 spiro atoms. The molecule has 5 heteroatoms. The zero-order chi connectivity index (χ0) is 18.7. The summed E-state index contributed by atoms with van der Waals surface area (Å²) in [7, 11) is 0. The summed E-state index contributed by atoms with van der Waals surface area (Å²) in [5.74, 6) is 0.892. The third-order valence-corrected chi connectivity index (χ3v) is 3.79. The Labute approximate surface area is 152 Å². The molecule has 25 heavy (non-hydrogen) atoms. The number of nitrogens with zero attached hydrogens (tertiary/aromatic N) is 1. The second kappa shape index (κ2) is 11.0. The molecule has 0 aliphatic carbocycles. The van der Waals surface area contributed by atoms with Crippen molar-refractivity contribution in [2.24, 2.45) is 0 Å². The first-order valence-corrected chi connectivity index (χ1v) is 9.25. The topological polar surface area (TPSA) is 50.8 Å². The summed E-state index contributed by atoms with van der Waals surface area (Å²) in [6.45, 7) is 14.5. The lowest BCUT2D eigenvalue weighted by atomic mass is 10.1. The number of hydrogen-bond donors (Lipinski definition) is 1. The van der Waals surface area contributed by atoms with Gasteiger partial charge in [0.2, 0.25) is 0 Å². The Morgan fingerprint density at radius 2 is 1.76 bits per heavy atom. The van der Waals surface area contributed by atoms with Gasteiger partial charge < -0.3 is 19.7 Å². The Kier molecular flexibility index (Phi) is 9.35. The van der Waals surface area contributed by atoms with E-state index < -0.39 is 5.60 Å². The molecule has 0 saturated carbocycles. The first-order valence-electron chi connectivity index (χ1n) is 9.25. The second-order valence-electron chi connectivity index (χ2n) is 7.05. The molecule has 142 valence electrons. The molecule has 0 heterocycles. The van der Waals surface area contributed by atoms with E-state index in [4.69, 9.17) is 9.47 Å². The van der Waals surface area contributed by atoms with Gasteiger partial charge in [-0.2, -0.15) is 0 Å². The van der Waals surface area contributed by atoms with E-state index in [0.29, 0.717) is 6.54 Å². The number of carbonyl (C=O) groups is 1. The van der Waals surface area contributed by atoms with Crippen molar-refractivity contribution in [1.29, 1.82) is 0 Å². The first-order chi connectivity index (χ1) is 11.8. The molecule has 1 rings (SSSR count). The molecule has 0 unspecified atom stereocenters. The van der Waals surface area contributed by atoms with E-state index in [1.54, 1.807) is 0 Å². The van der Waals surface area contributed by atoms with Gasteiger partial charge >= 0.3 is 6.09 Å². The van der Waals surface area contributed by atoms with Gasteiger partial charge in [0.1, 0.15) is 11.4 Å². The maximum absolute atomic E-state index is 11.6. The minimum Gasteiger partial charge on any atom is -0.494 e. The van der Waals surface area contributed by atoms with Gasteiger partial charge in [-0.15, -0.1) is 0 Å². The van der Waals surface area contributed by atoms with Gasteiger partial charge in [-0.1, -0.05) is 26.0 Å². The molecule has 0 aliphatic heterocycles. The molecule has 1 aromatic rings. The number of hydrogen-bond acceptors (Lipinski definition) is 4. The van der Waals surface area contributed by atoms with E-state index in [1.807, 2.05) is 45.0 Å². The normalized spacial score (nSPS) is 11.4. The lowest BCUT2D eigenvalue weighted by molar-refractivity contribution is 0.0528. The van der Waals surface area contributed by atoms with Crippen molar-refractivity contribution in [3.8, 4) is 5.75 Å². The molecule has 0 saturated heterocycles. The van der Waals surface area contributed by atoms with E-state index >= 15 is 0 Å². The van der Waals surface area contributed by atoms with Crippen LogP contribution in [0.5, 0.6) is 5.75 Å². The van der Waals surface area contributed by atoms with Crippen molar-refractivity contribution in [3.05, 3.63) is 29.8 Å². The van der Waals surface area contributed by atoms with Crippen LogP contribution in [-0.2, 0) is 11.2 Å². The molecule has 0 atom stereocenters. The number of rotatable bonds is 10. The van der Waals surface area contributed by atoms with Gasteiger partial charge in [0.25, 0.3) is 0 Å². The van der Waals surface area contributed by atoms with E-state index in [2.05, 4.69) is 24.1 Å². The van der Waals surface area contributed by atoms with Crippen LogP contribution >= 0.6 is 0 Å². The molecule has 5 nitrogen and oxygen atoms in total. The highest BCUT2D eigenvalue weighted by Gasteiger charge is 2.15. The maximum atomic E-state index is 11.6. The zero-order valence-corrected chi connectivity index (χ0v) is 16.4. The molecule has 1 N–H and O–H groups in total. The minimum atomic E-state index is -0.464. The summed E-state index contributed by atoms with van der Waals surface area (Å²) < 4.78 is 11.0. The number of amides is 1. The Balaban J connectivity index is 2.24. The van der Waals surface area contributed by atoms with Crippen LogP contribution < -0.4 is 10.1 Å². The Bertz CT molecular complexity index is 491. The summed E-state index contributed by atoms with van der Waals surface area (Å²) in [4.78, 5) is 14.0. The zero-order valence-electron chi connectivity index (χ0n) is 16.4. The van der Waals surface area contributed by atoms with Gasteiger partial charge in [-0.3, -0.25) is 0 Å². The maximum Gasteiger partial charge on any atom is 0.407 e. The number of ether oxygens (including phenoxy) is 2. The summed E-state index contributed by atoms with van der Waals surface area (Å²) in [6.07, 6.45) is 1.42. The number of carbonyl (C=O) groups excluding carboxylic acids is 1. The third kappa shape index (κ3) is 9.97. The molecule has 1 amide bonds. The smallest absolute Gasteiger partial charge is 0.407 e. The summed E-state index contributed by atoms with van der Waals surface area (Å²) in [5.41, 5.74) is 0.695. The van der Waals surface area contributed by atoms with Crippen molar-refractivity contribution in [2.75, 3.05) is 32.8 Å². The van der Waals surface area contributed by atoms with Gasteiger partial charge in [0.05, 0.1) is 6.61 Å². The average Bonchev–Trinajstić information content (AvgIpc) is 2.55. The standard InChI is InChI=1S/C20H34N2O3/c1-6-22(7-2)15-8-16-24-18-11-9-17(10-12-18)13-14-21-19(23)25-20(3,4)5/h9-12H,6-8,13-16H2,1-5H3,(H,21,23). The van der Waals surface area contributed by atoms with Crippen LogP contribution in [0, 0.1) is 0 Å². The molecular formula is C20H34N2O3. The highest BCUT2D eigenvalue weighted by atomic mass is 16.6. The molecule has 0 bridgehead atoms. The summed E-state index contributed by atoms with van der Waals surface area (Å²) in [6, 6.07) is 8.05. The molecule has 0 radical (unpaired) electrons. The lowest BCUT2D eigenvalue weighted by Crippen LogP contribution is -2.33. The van der Waals surface area contributed by atoms with Gasteiger partial charge in [-0.25, -0.2) is 4.79 Å². The number of benzene rings is 1. The fraction of sp³-hybridized carbons (Fsp3) is 0.650. The SMILES string of the molecule is CCN(CC)CCCOc1ccc(CCNC(=O)OC(C)(C)C)cc1. The third-order valence-electron chi connectivity index (χ3n) is 3.79. The van der Waals surface area contributed by atoms with E-state index in [0.717, 1.165) is 50.4 Å². The van der Waals surface area contributed by atoms with Crippen LogP contribution in [0.3, 0.4) is 0 Å². The minimum absolute atomic E-state index is 0.374. The monoisotopic (exact) mass is 350 g/mol. The number of alkyl carbamates (subject to hydrolysis) is 1. The first kappa shape index (κ1) is 21.3. The van der Waals surface area contributed by atoms with Crippen molar-refractivity contribution in [3.63, 3.8) is 0 Å². The van der Waals surface area contributed by atoms with Crippen LogP contribution in [0.15, 0.2) is 24.3 Å². The lowest BCUT2D eigenvalue weighted by Gasteiger charge is -2.19. The average molecular weight is 351 g/mol. The largest absolute Gasteiger partial charge is 0.494 e. The Hall–Kier alpha value is -1.75. The van der Waals surface area contributed by atoms with Crippen LogP contribution in [0.1, 0.15) is 46.6 Å². The predicted octanol–water partition coefficient (Wildman–Crippen LogP) is 3.86. The van der Waals surface area contributed by atoms with Crippen molar-refractivity contribution in [1.82, 2.24) is 10.2 Å². The predicted molar refractivity (Wildman–Crippen MR) is 102 cm³/mol. The molecule has 1 aromatic carbocycles. The van der Waals surface area contributed by atoms with Crippen molar-refractivity contribution < 1.29 is 14.3 Å². The molecule has 0 fully saturated rings. The fourth-order valence-corrected chi connectivity index (χ4v) is 2.39. The van der Waals surface area contributed by atoms with E-state index in [1.165, 1.54) is 0 Å². The van der Waals surface area contributed by atoms with Crippen molar-refractivity contribution >= 4 is 6.09 Å². The number of nitrogens with one attached hydrogen (secondary N) is 1. The van der Waals surface area contributed by atoms with E-state index in [-0.39, 0.29) is 6.09 Å².